The first kappa shape index (κ1) is 19.3. The van der Waals surface area contributed by atoms with Crippen LogP contribution in [0.4, 0.5) is 4.79 Å². The van der Waals surface area contributed by atoms with E-state index in [1.54, 1.807) is 16.2 Å². The summed E-state index contributed by atoms with van der Waals surface area (Å²) in [6.07, 6.45) is 0.921. The van der Waals surface area contributed by atoms with Gasteiger partial charge in [-0.1, -0.05) is 42.5 Å². The molecule has 3 rings (SSSR count). The fourth-order valence-corrected chi connectivity index (χ4v) is 3.94. The molecule has 0 saturated carbocycles. The minimum absolute atomic E-state index is 0.0556. The SMILES string of the molecule is CN(CCCNC(=O)N(C)Cc1nc2ccccc2s1)Cc1ccccc1. The van der Waals surface area contributed by atoms with Crippen molar-refractivity contribution in [3.63, 3.8) is 0 Å². The molecule has 1 aromatic heterocycles. The molecule has 1 heterocycles. The molecule has 2 amide bonds. The topological polar surface area (TPSA) is 48.5 Å². The number of aromatic nitrogens is 1. The molecule has 0 spiro atoms. The van der Waals surface area contributed by atoms with Crippen molar-refractivity contribution in [2.45, 2.75) is 19.5 Å². The summed E-state index contributed by atoms with van der Waals surface area (Å²) >= 11 is 1.64. The smallest absolute Gasteiger partial charge is 0.317 e. The third-order valence-electron chi connectivity index (χ3n) is 4.35. The predicted molar refractivity (Wildman–Crippen MR) is 112 cm³/mol. The second-order valence-electron chi connectivity index (χ2n) is 6.74. The average Bonchev–Trinajstić information content (AvgIpc) is 3.08. The highest BCUT2D eigenvalue weighted by Gasteiger charge is 2.11. The lowest BCUT2D eigenvalue weighted by atomic mass is 10.2. The molecule has 3 aromatic rings. The van der Waals surface area contributed by atoms with E-state index in [2.05, 4.69) is 52.6 Å². The van der Waals surface area contributed by atoms with Gasteiger partial charge >= 0.3 is 6.03 Å². The Morgan fingerprint density at radius 2 is 1.78 bits per heavy atom. The van der Waals surface area contributed by atoms with Gasteiger partial charge in [0.1, 0.15) is 5.01 Å². The largest absolute Gasteiger partial charge is 0.338 e. The number of fused-ring (bicyclic) bond motifs is 1. The van der Waals surface area contributed by atoms with Crippen LogP contribution in [0.5, 0.6) is 0 Å². The Balaban J connectivity index is 1.37. The summed E-state index contributed by atoms with van der Waals surface area (Å²) in [5.74, 6) is 0. The van der Waals surface area contributed by atoms with Crippen molar-refractivity contribution < 1.29 is 4.79 Å². The molecular formula is C21H26N4OS. The highest BCUT2D eigenvalue weighted by Crippen LogP contribution is 2.22. The van der Waals surface area contributed by atoms with Gasteiger partial charge in [0.05, 0.1) is 16.8 Å². The number of thiazole rings is 1. The van der Waals surface area contributed by atoms with Crippen LogP contribution in [0.1, 0.15) is 17.0 Å². The van der Waals surface area contributed by atoms with Crippen LogP contribution >= 0.6 is 11.3 Å². The second kappa shape index (κ2) is 9.48. The van der Waals surface area contributed by atoms with Crippen molar-refractivity contribution in [1.82, 2.24) is 20.1 Å². The minimum atomic E-state index is -0.0556. The number of benzene rings is 2. The molecule has 0 aliphatic heterocycles. The maximum Gasteiger partial charge on any atom is 0.317 e. The number of para-hydroxylation sites is 1. The maximum absolute atomic E-state index is 12.3. The summed E-state index contributed by atoms with van der Waals surface area (Å²) in [6.45, 7) is 3.06. The molecule has 0 fully saturated rings. The highest BCUT2D eigenvalue weighted by molar-refractivity contribution is 7.18. The van der Waals surface area contributed by atoms with Gasteiger partial charge in [-0.05, 0) is 37.7 Å². The molecule has 0 aliphatic carbocycles. The van der Waals surface area contributed by atoms with Crippen LogP contribution < -0.4 is 5.32 Å². The van der Waals surface area contributed by atoms with E-state index in [1.807, 2.05) is 31.3 Å². The Morgan fingerprint density at radius 1 is 1.04 bits per heavy atom. The molecule has 0 atom stereocenters. The lowest BCUT2D eigenvalue weighted by Crippen LogP contribution is -2.38. The zero-order chi connectivity index (χ0) is 19.1. The Kier molecular flexibility index (Phi) is 6.79. The molecule has 0 radical (unpaired) electrons. The van der Waals surface area contributed by atoms with Crippen LogP contribution in [0, 0.1) is 0 Å². The fourth-order valence-electron chi connectivity index (χ4n) is 2.92. The molecule has 27 heavy (non-hydrogen) atoms. The van der Waals surface area contributed by atoms with Gasteiger partial charge in [0.25, 0.3) is 0 Å². The molecule has 0 bridgehead atoms. The molecular weight excluding hydrogens is 356 g/mol. The van der Waals surface area contributed by atoms with E-state index in [9.17, 15) is 4.79 Å². The van der Waals surface area contributed by atoms with E-state index in [0.717, 1.165) is 34.7 Å². The summed E-state index contributed by atoms with van der Waals surface area (Å²) in [5.41, 5.74) is 2.30. The highest BCUT2D eigenvalue weighted by atomic mass is 32.1. The van der Waals surface area contributed by atoms with Crippen molar-refractivity contribution in [3.8, 4) is 0 Å². The van der Waals surface area contributed by atoms with Gasteiger partial charge in [0.15, 0.2) is 0 Å². The first-order valence-electron chi connectivity index (χ1n) is 9.17. The molecule has 0 aliphatic rings. The van der Waals surface area contributed by atoms with E-state index < -0.39 is 0 Å². The zero-order valence-electron chi connectivity index (χ0n) is 15.9. The van der Waals surface area contributed by atoms with Crippen LogP contribution in [0.2, 0.25) is 0 Å². The molecule has 0 saturated heterocycles. The van der Waals surface area contributed by atoms with Crippen molar-refractivity contribution in [2.24, 2.45) is 0 Å². The van der Waals surface area contributed by atoms with Crippen molar-refractivity contribution in [3.05, 3.63) is 65.2 Å². The number of urea groups is 1. The summed E-state index contributed by atoms with van der Waals surface area (Å²) in [4.78, 5) is 20.8. The number of nitrogens with one attached hydrogen (secondary N) is 1. The van der Waals surface area contributed by atoms with Crippen LogP contribution in [0.15, 0.2) is 54.6 Å². The minimum Gasteiger partial charge on any atom is -0.338 e. The van der Waals surface area contributed by atoms with Gasteiger partial charge in [0.2, 0.25) is 0 Å². The van der Waals surface area contributed by atoms with Gasteiger partial charge in [-0.2, -0.15) is 0 Å². The first-order chi connectivity index (χ1) is 13.1. The summed E-state index contributed by atoms with van der Waals surface area (Å²) in [5, 5.41) is 3.95. The van der Waals surface area contributed by atoms with E-state index in [1.165, 1.54) is 5.56 Å². The summed E-state index contributed by atoms with van der Waals surface area (Å²) in [7, 11) is 3.91. The van der Waals surface area contributed by atoms with E-state index in [-0.39, 0.29) is 6.03 Å². The van der Waals surface area contributed by atoms with Gasteiger partial charge in [-0.25, -0.2) is 9.78 Å². The zero-order valence-corrected chi connectivity index (χ0v) is 16.7. The quantitative estimate of drug-likeness (QED) is 0.600. The summed E-state index contributed by atoms with van der Waals surface area (Å²) in [6, 6.07) is 18.4. The normalized spacial score (nSPS) is 11.1. The van der Waals surface area contributed by atoms with Gasteiger partial charge in [0, 0.05) is 20.1 Å². The standard InChI is InChI=1S/C21H26N4OS/c1-24(15-17-9-4-3-5-10-17)14-8-13-22-21(26)25(2)16-20-23-18-11-6-7-12-19(18)27-20/h3-7,9-12H,8,13-16H2,1-2H3,(H,22,26). The maximum atomic E-state index is 12.3. The van der Waals surface area contributed by atoms with E-state index >= 15 is 0 Å². The lowest BCUT2D eigenvalue weighted by Gasteiger charge is -2.19. The average molecular weight is 383 g/mol. The number of carbonyl (C=O) groups excluding carboxylic acids is 1. The number of amides is 2. The summed E-state index contributed by atoms with van der Waals surface area (Å²) < 4.78 is 1.16. The molecule has 0 unspecified atom stereocenters. The third kappa shape index (κ3) is 5.77. The van der Waals surface area contributed by atoms with Gasteiger partial charge < -0.3 is 15.1 Å². The Labute approximate surface area is 164 Å². The number of carbonyl (C=O) groups is 1. The number of rotatable bonds is 8. The second-order valence-corrected chi connectivity index (χ2v) is 7.86. The van der Waals surface area contributed by atoms with Crippen molar-refractivity contribution in [2.75, 3.05) is 27.2 Å². The van der Waals surface area contributed by atoms with Crippen LogP contribution in [0.3, 0.4) is 0 Å². The monoisotopic (exact) mass is 382 g/mol. The van der Waals surface area contributed by atoms with Crippen LogP contribution in [-0.2, 0) is 13.1 Å². The molecule has 5 nitrogen and oxygen atoms in total. The number of hydrogen-bond acceptors (Lipinski definition) is 4. The van der Waals surface area contributed by atoms with Gasteiger partial charge in [-0.3, -0.25) is 0 Å². The Hall–Kier alpha value is -2.44. The van der Waals surface area contributed by atoms with Crippen LogP contribution in [-0.4, -0.2) is 48.0 Å². The molecule has 2 aromatic carbocycles. The first-order valence-corrected chi connectivity index (χ1v) is 9.99. The van der Waals surface area contributed by atoms with E-state index in [0.29, 0.717) is 13.1 Å². The van der Waals surface area contributed by atoms with E-state index in [4.69, 9.17) is 0 Å². The van der Waals surface area contributed by atoms with Crippen LogP contribution in [0.25, 0.3) is 10.2 Å². The lowest BCUT2D eigenvalue weighted by molar-refractivity contribution is 0.206. The predicted octanol–water partition coefficient (Wildman–Crippen LogP) is 3.96. The molecule has 6 heteroatoms. The number of hydrogen-bond donors (Lipinski definition) is 1. The molecule has 142 valence electrons. The Morgan fingerprint density at radius 3 is 2.56 bits per heavy atom. The van der Waals surface area contributed by atoms with Crippen molar-refractivity contribution in [1.29, 1.82) is 0 Å². The molecule has 1 N–H and O–H groups in total. The van der Waals surface area contributed by atoms with Gasteiger partial charge in [-0.15, -0.1) is 11.3 Å². The Bertz CT molecular complexity index is 832. The van der Waals surface area contributed by atoms with Crippen molar-refractivity contribution >= 4 is 27.6 Å². The fraction of sp³-hybridized carbons (Fsp3) is 0.333. The number of nitrogens with zero attached hydrogens (tertiary/aromatic N) is 3. The third-order valence-corrected chi connectivity index (χ3v) is 5.37.